The van der Waals surface area contributed by atoms with Gasteiger partial charge in [0.05, 0.1) is 17.2 Å². The predicted octanol–water partition coefficient (Wildman–Crippen LogP) is 4.91. The number of benzene rings is 3. The molecule has 26 heavy (non-hydrogen) atoms. The summed E-state index contributed by atoms with van der Waals surface area (Å²) in [6.07, 6.45) is 0. The molecule has 0 atom stereocenters. The quantitative estimate of drug-likeness (QED) is 0.480. The van der Waals surface area contributed by atoms with E-state index >= 15 is 0 Å². The van der Waals surface area contributed by atoms with Gasteiger partial charge in [0, 0.05) is 27.5 Å². The molecule has 0 aliphatic carbocycles. The lowest BCUT2D eigenvalue weighted by Crippen LogP contribution is -2.30. The molecular weight excluding hydrogens is 348 g/mol. The van der Waals surface area contributed by atoms with Gasteiger partial charge in [0.15, 0.2) is 0 Å². The molecule has 1 aliphatic heterocycles. The molecule has 0 radical (unpaired) electrons. The van der Waals surface area contributed by atoms with Gasteiger partial charge in [-0.1, -0.05) is 42.1 Å². The van der Waals surface area contributed by atoms with E-state index in [1.807, 2.05) is 42.5 Å². The lowest BCUT2D eigenvalue weighted by molar-refractivity contribution is -0.384. The van der Waals surface area contributed by atoms with Crippen molar-refractivity contribution < 1.29 is 9.72 Å². The van der Waals surface area contributed by atoms with Crippen molar-refractivity contribution in [2.75, 3.05) is 4.90 Å². The summed E-state index contributed by atoms with van der Waals surface area (Å²) in [7, 11) is 0. The molecule has 0 N–H and O–H groups in total. The topological polar surface area (TPSA) is 63.4 Å². The Morgan fingerprint density at radius 1 is 0.923 bits per heavy atom. The van der Waals surface area contributed by atoms with Crippen LogP contribution in [0.1, 0.15) is 15.9 Å². The fraction of sp³-hybridized carbons (Fsp3) is 0.0500. The zero-order chi connectivity index (χ0) is 18.1. The minimum Gasteiger partial charge on any atom is -0.303 e. The summed E-state index contributed by atoms with van der Waals surface area (Å²) in [5.74, 6) is -0.176. The van der Waals surface area contributed by atoms with Crippen LogP contribution in [-0.4, -0.2) is 10.8 Å². The molecule has 0 aromatic heterocycles. The molecule has 4 rings (SSSR count). The second-order valence-electron chi connectivity index (χ2n) is 5.87. The van der Waals surface area contributed by atoms with Gasteiger partial charge in [0.1, 0.15) is 0 Å². The average molecular weight is 362 g/mol. The highest BCUT2D eigenvalue weighted by atomic mass is 32.2. The van der Waals surface area contributed by atoms with Crippen LogP contribution >= 0.6 is 11.8 Å². The highest BCUT2D eigenvalue weighted by molar-refractivity contribution is 7.99. The van der Waals surface area contributed by atoms with E-state index in [2.05, 4.69) is 6.07 Å². The van der Waals surface area contributed by atoms with Crippen LogP contribution in [0.25, 0.3) is 0 Å². The summed E-state index contributed by atoms with van der Waals surface area (Å²) in [5.41, 5.74) is 2.31. The zero-order valence-electron chi connectivity index (χ0n) is 13.7. The first-order chi connectivity index (χ1) is 12.6. The number of nitrogens with zero attached hydrogens (tertiary/aromatic N) is 2. The van der Waals surface area contributed by atoms with Crippen molar-refractivity contribution in [1.29, 1.82) is 0 Å². The Labute approximate surface area is 154 Å². The van der Waals surface area contributed by atoms with Gasteiger partial charge in [-0.25, -0.2) is 0 Å². The minimum absolute atomic E-state index is 0.0290. The largest absolute Gasteiger partial charge is 0.303 e. The Morgan fingerprint density at radius 2 is 1.58 bits per heavy atom. The Kier molecular flexibility index (Phi) is 4.18. The third kappa shape index (κ3) is 2.95. The number of nitro benzene ring substituents is 1. The van der Waals surface area contributed by atoms with Crippen LogP contribution in [0.4, 0.5) is 11.4 Å². The van der Waals surface area contributed by atoms with E-state index in [-0.39, 0.29) is 11.6 Å². The second kappa shape index (κ2) is 6.65. The number of hydrogen-bond acceptors (Lipinski definition) is 4. The van der Waals surface area contributed by atoms with Gasteiger partial charge in [-0.2, -0.15) is 0 Å². The smallest absolute Gasteiger partial charge is 0.269 e. The Balaban J connectivity index is 1.76. The summed E-state index contributed by atoms with van der Waals surface area (Å²) < 4.78 is 0. The SMILES string of the molecule is O=C(c1ccc([N+](=O)[O-])cc1)N1Cc2ccccc2Sc2ccccc21. The predicted molar refractivity (Wildman–Crippen MR) is 101 cm³/mol. The molecule has 0 fully saturated rings. The molecule has 0 bridgehead atoms. The molecular formula is C20H14N2O3S. The van der Waals surface area contributed by atoms with E-state index in [1.165, 1.54) is 24.3 Å². The van der Waals surface area contributed by atoms with Crippen molar-refractivity contribution in [2.45, 2.75) is 16.3 Å². The van der Waals surface area contributed by atoms with E-state index in [4.69, 9.17) is 0 Å². The number of carbonyl (C=O) groups excluding carboxylic acids is 1. The molecule has 3 aromatic rings. The molecule has 5 nitrogen and oxygen atoms in total. The minimum atomic E-state index is -0.470. The highest BCUT2D eigenvalue weighted by Gasteiger charge is 2.25. The first kappa shape index (κ1) is 16.4. The summed E-state index contributed by atoms with van der Waals surface area (Å²) in [4.78, 5) is 27.4. The summed E-state index contributed by atoms with van der Waals surface area (Å²) in [6.45, 7) is 0.454. The molecule has 128 valence electrons. The lowest BCUT2D eigenvalue weighted by atomic mass is 10.1. The highest BCUT2D eigenvalue weighted by Crippen LogP contribution is 2.41. The van der Waals surface area contributed by atoms with E-state index in [9.17, 15) is 14.9 Å². The van der Waals surface area contributed by atoms with Gasteiger partial charge in [0.25, 0.3) is 11.6 Å². The number of nitro groups is 1. The lowest BCUT2D eigenvalue weighted by Gasteiger charge is -2.23. The Morgan fingerprint density at radius 3 is 2.31 bits per heavy atom. The van der Waals surface area contributed by atoms with E-state index in [0.717, 1.165) is 21.0 Å². The van der Waals surface area contributed by atoms with Gasteiger partial charge >= 0.3 is 0 Å². The van der Waals surface area contributed by atoms with Crippen LogP contribution in [0.15, 0.2) is 82.6 Å². The molecule has 0 spiro atoms. The maximum atomic E-state index is 13.2. The maximum Gasteiger partial charge on any atom is 0.269 e. The number of rotatable bonds is 2. The number of carbonyl (C=O) groups is 1. The van der Waals surface area contributed by atoms with Crippen LogP contribution in [0.2, 0.25) is 0 Å². The van der Waals surface area contributed by atoms with Crippen molar-refractivity contribution in [2.24, 2.45) is 0 Å². The molecule has 0 saturated heterocycles. The van der Waals surface area contributed by atoms with E-state index in [1.54, 1.807) is 16.7 Å². The molecule has 1 aliphatic rings. The molecule has 0 saturated carbocycles. The number of hydrogen-bond donors (Lipinski definition) is 0. The van der Waals surface area contributed by atoms with E-state index in [0.29, 0.717) is 12.1 Å². The van der Waals surface area contributed by atoms with Gasteiger partial charge in [-0.05, 0) is 35.9 Å². The monoisotopic (exact) mass is 362 g/mol. The van der Waals surface area contributed by atoms with Gasteiger partial charge < -0.3 is 4.90 Å². The second-order valence-corrected chi connectivity index (χ2v) is 6.96. The number of fused-ring (bicyclic) bond motifs is 2. The van der Waals surface area contributed by atoms with E-state index < -0.39 is 4.92 Å². The number of amides is 1. The van der Waals surface area contributed by atoms with Crippen LogP contribution in [-0.2, 0) is 6.54 Å². The average Bonchev–Trinajstić information content (AvgIpc) is 2.84. The number of non-ortho nitro benzene ring substituents is 1. The van der Waals surface area contributed by atoms with Gasteiger partial charge in [0.2, 0.25) is 0 Å². The molecule has 6 heteroatoms. The van der Waals surface area contributed by atoms with Crippen LogP contribution in [0.3, 0.4) is 0 Å². The van der Waals surface area contributed by atoms with Crippen LogP contribution < -0.4 is 4.90 Å². The van der Waals surface area contributed by atoms with Crippen LogP contribution in [0, 0.1) is 10.1 Å². The van der Waals surface area contributed by atoms with Gasteiger partial charge in [-0.15, -0.1) is 0 Å². The summed E-state index contributed by atoms with van der Waals surface area (Å²) >= 11 is 1.64. The molecule has 0 unspecified atom stereocenters. The fourth-order valence-corrected chi connectivity index (χ4v) is 4.01. The molecule has 1 heterocycles. The maximum absolute atomic E-state index is 13.2. The molecule has 1 amide bonds. The normalized spacial score (nSPS) is 12.7. The van der Waals surface area contributed by atoms with Crippen molar-refractivity contribution in [3.63, 3.8) is 0 Å². The fourth-order valence-electron chi connectivity index (χ4n) is 2.94. The van der Waals surface area contributed by atoms with Crippen molar-refractivity contribution >= 4 is 29.0 Å². The zero-order valence-corrected chi connectivity index (χ0v) is 14.5. The number of anilines is 1. The van der Waals surface area contributed by atoms with Crippen molar-refractivity contribution in [3.05, 3.63) is 94.0 Å². The van der Waals surface area contributed by atoms with Crippen molar-refractivity contribution in [1.82, 2.24) is 0 Å². The third-order valence-electron chi connectivity index (χ3n) is 4.25. The Hall–Kier alpha value is -3.12. The first-order valence-corrected chi connectivity index (χ1v) is 8.86. The number of para-hydroxylation sites is 1. The van der Waals surface area contributed by atoms with Crippen molar-refractivity contribution in [3.8, 4) is 0 Å². The Bertz CT molecular complexity index is 1000. The summed E-state index contributed by atoms with van der Waals surface area (Å²) in [5, 5.41) is 10.8. The molecule has 3 aromatic carbocycles. The first-order valence-electron chi connectivity index (χ1n) is 8.04. The van der Waals surface area contributed by atoms with Crippen LogP contribution in [0.5, 0.6) is 0 Å². The summed E-state index contributed by atoms with van der Waals surface area (Å²) in [6, 6.07) is 21.5. The van der Waals surface area contributed by atoms with Gasteiger partial charge in [-0.3, -0.25) is 14.9 Å². The third-order valence-corrected chi connectivity index (χ3v) is 5.43. The standard InChI is InChI=1S/C20H14N2O3S/c23-20(14-9-11-16(12-10-14)22(24)25)21-13-15-5-1-3-7-18(15)26-19-8-4-2-6-17(19)21/h1-12H,13H2.